The maximum absolute atomic E-state index is 12.8. The average molecular weight is 527 g/mol. The Balaban J connectivity index is 1.55. The number of nitrogens with two attached hydrogens (primary N) is 2. The van der Waals surface area contributed by atoms with Crippen molar-refractivity contribution in [1.29, 1.82) is 5.26 Å². The molecule has 2 heterocycles. The third-order valence-electron chi connectivity index (χ3n) is 7.86. The van der Waals surface area contributed by atoms with Crippen molar-refractivity contribution in [2.45, 2.75) is 43.6 Å². The summed E-state index contributed by atoms with van der Waals surface area (Å²) in [5.41, 5.74) is 14.9. The number of hydrogen-bond acceptors (Lipinski definition) is 7. The monoisotopic (exact) mass is 526 g/mol. The molecule has 5 rings (SSSR count). The summed E-state index contributed by atoms with van der Waals surface area (Å²) < 4.78 is 0. The van der Waals surface area contributed by atoms with Crippen molar-refractivity contribution in [2.75, 3.05) is 19.6 Å². The van der Waals surface area contributed by atoms with Gasteiger partial charge < -0.3 is 26.7 Å². The molecule has 0 bridgehead atoms. The average Bonchev–Trinajstić information content (AvgIpc) is 3.63. The van der Waals surface area contributed by atoms with Crippen molar-refractivity contribution in [3.8, 4) is 6.07 Å². The Morgan fingerprint density at radius 2 is 1.72 bits per heavy atom. The van der Waals surface area contributed by atoms with E-state index in [-0.39, 0.29) is 18.5 Å². The fraction of sp³-hybridized carbons (Fsp3) is 0.357. The summed E-state index contributed by atoms with van der Waals surface area (Å²) in [7, 11) is 0. The van der Waals surface area contributed by atoms with Gasteiger partial charge in [-0.05, 0) is 85.2 Å². The zero-order chi connectivity index (χ0) is 27.6. The van der Waals surface area contributed by atoms with Crippen LogP contribution in [0, 0.1) is 11.3 Å². The first kappa shape index (κ1) is 26.1. The number of aryl methyl sites for hydroxylation is 2. The van der Waals surface area contributed by atoms with E-state index >= 15 is 0 Å². The van der Waals surface area contributed by atoms with E-state index in [1.165, 1.54) is 6.33 Å². The molecule has 1 aliphatic carbocycles. The van der Waals surface area contributed by atoms with Gasteiger partial charge >= 0.3 is 0 Å². The number of likely N-dealkylation sites (tertiary alicyclic amines) is 1. The molecule has 2 aromatic carbocycles. The van der Waals surface area contributed by atoms with Crippen molar-refractivity contribution in [2.24, 2.45) is 11.5 Å². The number of hydrogen-bond donors (Lipinski definition) is 4. The number of amides is 3. The van der Waals surface area contributed by atoms with Crippen molar-refractivity contribution in [3.63, 3.8) is 0 Å². The Labute approximate surface area is 225 Å². The van der Waals surface area contributed by atoms with Crippen LogP contribution in [0.4, 0.5) is 0 Å². The molecule has 1 saturated heterocycles. The highest BCUT2D eigenvalue weighted by Gasteiger charge is 2.43. The number of fused-ring (bicyclic) bond motifs is 2. The molecule has 1 atom stereocenters. The highest BCUT2D eigenvalue weighted by Crippen LogP contribution is 2.46. The number of rotatable bonds is 8. The van der Waals surface area contributed by atoms with E-state index in [0.717, 1.165) is 28.7 Å². The van der Waals surface area contributed by atoms with Crippen LogP contribution in [0.15, 0.2) is 42.7 Å². The second kappa shape index (κ2) is 10.7. The molecule has 0 radical (unpaired) electrons. The van der Waals surface area contributed by atoms with Crippen LogP contribution in [-0.4, -0.2) is 63.5 Å². The van der Waals surface area contributed by atoms with E-state index in [1.807, 2.05) is 24.3 Å². The van der Waals surface area contributed by atoms with Gasteiger partial charge in [-0.15, -0.1) is 10.2 Å². The molecule has 1 aromatic heterocycles. The second-order valence-electron chi connectivity index (χ2n) is 10.0. The molecule has 1 fully saturated rings. The van der Waals surface area contributed by atoms with E-state index in [4.69, 9.17) is 11.5 Å². The minimum atomic E-state index is -0.830. The number of H-pyrrole nitrogens is 1. The van der Waals surface area contributed by atoms with Gasteiger partial charge in [0.1, 0.15) is 18.2 Å². The molecule has 39 heavy (non-hydrogen) atoms. The number of nitriles is 1. The van der Waals surface area contributed by atoms with Crippen LogP contribution in [-0.2, 0) is 23.1 Å². The highest BCUT2D eigenvalue weighted by atomic mass is 16.2. The molecule has 0 saturated carbocycles. The number of carbonyl (C=O) groups excluding carboxylic acids is 3. The van der Waals surface area contributed by atoms with Gasteiger partial charge in [-0.2, -0.15) is 5.26 Å². The largest absolute Gasteiger partial charge is 0.366 e. The summed E-state index contributed by atoms with van der Waals surface area (Å²) >= 11 is 0. The first-order valence-corrected chi connectivity index (χ1v) is 13.0. The molecule has 11 nitrogen and oxygen atoms in total. The lowest BCUT2D eigenvalue weighted by Gasteiger charge is -2.35. The smallest absolute Gasteiger partial charge is 0.248 e. The molecular weight excluding hydrogens is 496 g/mol. The lowest BCUT2D eigenvalue weighted by atomic mass is 9.69. The Hall–Kier alpha value is -4.56. The quantitative estimate of drug-likeness (QED) is 0.315. The number of benzene rings is 2. The summed E-state index contributed by atoms with van der Waals surface area (Å²) in [5, 5.41) is 21.1. The zero-order valence-corrected chi connectivity index (χ0v) is 21.4. The van der Waals surface area contributed by atoms with Crippen LogP contribution < -0.4 is 16.8 Å². The minimum absolute atomic E-state index is 0.103. The third-order valence-corrected chi connectivity index (χ3v) is 7.86. The van der Waals surface area contributed by atoms with Crippen molar-refractivity contribution in [1.82, 2.24) is 25.4 Å². The normalized spacial score (nSPS) is 17.5. The zero-order valence-electron chi connectivity index (χ0n) is 21.4. The molecule has 6 N–H and O–H groups in total. The Morgan fingerprint density at radius 3 is 2.26 bits per heavy atom. The fourth-order valence-electron chi connectivity index (χ4n) is 5.98. The number of nitrogens with zero attached hydrogens (tertiary/aromatic N) is 4. The van der Waals surface area contributed by atoms with Gasteiger partial charge in [0, 0.05) is 17.7 Å². The van der Waals surface area contributed by atoms with E-state index in [1.54, 1.807) is 17.0 Å². The van der Waals surface area contributed by atoms with Crippen LogP contribution in [0.25, 0.3) is 0 Å². The van der Waals surface area contributed by atoms with Gasteiger partial charge in [-0.3, -0.25) is 14.4 Å². The topological polar surface area (TPSA) is 184 Å². The van der Waals surface area contributed by atoms with Crippen LogP contribution >= 0.6 is 0 Å². The molecule has 11 heteroatoms. The molecule has 2 aliphatic rings. The predicted octanol–water partition coefficient (Wildman–Crippen LogP) is 0.930. The van der Waals surface area contributed by atoms with Gasteiger partial charge in [0.15, 0.2) is 0 Å². The second-order valence-corrected chi connectivity index (χ2v) is 10.0. The number of aromatic amines is 1. The molecule has 200 valence electrons. The van der Waals surface area contributed by atoms with E-state index in [2.05, 4.69) is 26.6 Å². The number of aromatic nitrogens is 3. The van der Waals surface area contributed by atoms with Gasteiger partial charge in [0.2, 0.25) is 17.7 Å². The van der Waals surface area contributed by atoms with Crippen LogP contribution in [0.3, 0.4) is 0 Å². The molecule has 0 unspecified atom stereocenters. The fourth-order valence-corrected chi connectivity index (χ4v) is 5.98. The Bertz CT molecular complexity index is 1390. The maximum atomic E-state index is 12.8. The van der Waals surface area contributed by atoms with E-state index in [0.29, 0.717) is 55.7 Å². The Morgan fingerprint density at radius 1 is 1.08 bits per heavy atom. The molecule has 3 amide bonds. The third kappa shape index (κ3) is 4.75. The lowest BCUT2D eigenvalue weighted by molar-refractivity contribution is -0.130. The van der Waals surface area contributed by atoms with Crippen molar-refractivity contribution < 1.29 is 14.4 Å². The summed E-state index contributed by atoms with van der Waals surface area (Å²) in [4.78, 5) is 41.7. The summed E-state index contributed by atoms with van der Waals surface area (Å²) in [6.07, 6.45) is 4.75. The Kier molecular flexibility index (Phi) is 7.13. The SMILES string of the molecule is N#C[C@@H]1CCCN1C(=O)CNCCC1(c2nnc[nH]2)c2ccc(C(N)=O)cc2CCc2cc(C(N)=O)ccc21. The van der Waals surface area contributed by atoms with Gasteiger partial charge in [0.25, 0.3) is 0 Å². The first-order valence-electron chi connectivity index (χ1n) is 13.0. The molecule has 0 spiro atoms. The van der Waals surface area contributed by atoms with Crippen LogP contribution in [0.2, 0.25) is 0 Å². The predicted molar refractivity (Wildman–Crippen MR) is 141 cm³/mol. The minimum Gasteiger partial charge on any atom is -0.366 e. The van der Waals surface area contributed by atoms with Gasteiger partial charge in [-0.25, -0.2) is 0 Å². The number of carbonyl (C=O) groups is 3. The molecule has 3 aromatic rings. The van der Waals surface area contributed by atoms with Crippen LogP contribution in [0.5, 0.6) is 0 Å². The van der Waals surface area contributed by atoms with Crippen molar-refractivity contribution >= 4 is 17.7 Å². The summed E-state index contributed by atoms with van der Waals surface area (Å²) in [6, 6.07) is 12.7. The molecular formula is C28H30N8O3. The number of nitrogens with one attached hydrogen (secondary N) is 2. The van der Waals surface area contributed by atoms with Crippen molar-refractivity contribution in [3.05, 3.63) is 81.9 Å². The summed E-state index contributed by atoms with van der Waals surface area (Å²) in [6.45, 7) is 1.13. The van der Waals surface area contributed by atoms with E-state index < -0.39 is 17.2 Å². The number of primary amides is 2. The van der Waals surface area contributed by atoms with Crippen LogP contribution in [0.1, 0.15) is 68.1 Å². The first-order chi connectivity index (χ1) is 18.8. The maximum Gasteiger partial charge on any atom is 0.248 e. The van der Waals surface area contributed by atoms with E-state index in [9.17, 15) is 19.6 Å². The van der Waals surface area contributed by atoms with Gasteiger partial charge in [-0.1, -0.05) is 12.1 Å². The summed E-state index contributed by atoms with van der Waals surface area (Å²) in [5.74, 6) is -0.536. The van der Waals surface area contributed by atoms with Gasteiger partial charge in [0.05, 0.1) is 18.0 Å². The lowest BCUT2D eigenvalue weighted by Crippen LogP contribution is -2.42. The standard InChI is InChI=1S/C28H30N8O3/c29-14-21-2-1-11-36(21)24(37)15-32-10-9-28(27-33-16-34-35-27)22-7-5-19(25(30)38)12-17(22)3-4-18-13-20(26(31)39)6-8-23(18)28/h5-8,12-13,16,21,32H,1-4,9-11,15H2,(H2,30,38)(H2,31,39)(H,33,34,35)/t21-/m0/s1. The molecule has 1 aliphatic heterocycles. The highest BCUT2D eigenvalue weighted by molar-refractivity contribution is 5.94.